The van der Waals surface area contributed by atoms with Gasteiger partial charge in [-0.25, -0.2) is 4.98 Å². The third-order valence-corrected chi connectivity index (χ3v) is 5.42. The summed E-state index contributed by atoms with van der Waals surface area (Å²) in [6.45, 7) is 6.28. The minimum Gasteiger partial charge on any atom is -0.441 e. The first-order valence-electron chi connectivity index (χ1n) is 10.2. The molecule has 0 atom stereocenters. The average molecular weight is 389 g/mol. The fourth-order valence-electron chi connectivity index (χ4n) is 3.77. The van der Waals surface area contributed by atoms with E-state index in [9.17, 15) is 4.79 Å². The first kappa shape index (κ1) is 19.4. The van der Waals surface area contributed by atoms with Gasteiger partial charge in [-0.2, -0.15) is 0 Å². The first-order valence-corrected chi connectivity index (χ1v) is 10.2. The molecule has 0 spiro atoms. The number of aromatic nitrogens is 1. The van der Waals surface area contributed by atoms with Crippen LogP contribution < -0.4 is 0 Å². The van der Waals surface area contributed by atoms with Crippen LogP contribution in [0.4, 0.5) is 0 Å². The van der Waals surface area contributed by atoms with Gasteiger partial charge in [0, 0.05) is 38.3 Å². The summed E-state index contributed by atoms with van der Waals surface area (Å²) in [4.78, 5) is 21.9. The number of carbonyl (C=O) groups is 1. The molecule has 1 aromatic heterocycles. The van der Waals surface area contributed by atoms with E-state index in [1.807, 2.05) is 48.2 Å². The highest BCUT2D eigenvalue weighted by Gasteiger charge is 2.22. The Bertz CT molecular complexity index is 937. The van der Waals surface area contributed by atoms with Crippen LogP contribution in [-0.4, -0.2) is 46.9 Å². The quantitative estimate of drug-likeness (QED) is 0.663. The standard InChI is InChI=1S/C24H27N3O2/c1-19-22(25-24(29-19)21-11-6-3-7-12-21)17-23(28)27-14-8-13-26(15-16-27)18-20-9-4-2-5-10-20/h2-7,9-12H,8,13-18H2,1H3. The summed E-state index contributed by atoms with van der Waals surface area (Å²) in [5.41, 5.74) is 2.99. The summed E-state index contributed by atoms with van der Waals surface area (Å²) >= 11 is 0. The lowest BCUT2D eigenvalue weighted by molar-refractivity contribution is -0.130. The number of rotatable bonds is 5. The molecular weight excluding hydrogens is 362 g/mol. The molecule has 0 saturated carbocycles. The second-order valence-corrected chi connectivity index (χ2v) is 7.56. The largest absolute Gasteiger partial charge is 0.441 e. The summed E-state index contributed by atoms with van der Waals surface area (Å²) in [6, 6.07) is 20.3. The fourth-order valence-corrected chi connectivity index (χ4v) is 3.77. The van der Waals surface area contributed by atoms with E-state index in [2.05, 4.69) is 34.1 Å². The van der Waals surface area contributed by atoms with Crippen LogP contribution in [0.5, 0.6) is 0 Å². The lowest BCUT2D eigenvalue weighted by Gasteiger charge is -2.22. The highest BCUT2D eigenvalue weighted by Crippen LogP contribution is 2.22. The third-order valence-electron chi connectivity index (χ3n) is 5.42. The maximum absolute atomic E-state index is 12.9. The molecule has 0 bridgehead atoms. The Labute approximate surface area is 172 Å². The van der Waals surface area contributed by atoms with Gasteiger partial charge < -0.3 is 9.32 Å². The molecule has 29 heavy (non-hydrogen) atoms. The second-order valence-electron chi connectivity index (χ2n) is 7.56. The van der Waals surface area contributed by atoms with Crippen molar-refractivity contribution in [2.75, 3.05) is 26.2 Å². The monoisotopic (exact) mass is 389 g/mol. The van der Waals surface area contributed by atoms with Gasteiger partial charge in [0.25, 0.3) is 0 Å². The van der Waals surface area contributed by atoms with Crippen LogP contribution in [0, 0.1) is 6.92 Å². The minimum atomic E-state index is 0.127. The summed E-state index contributed by atoms with van der Waals surface area (Å²) in [6.07, 6.45) is 1.28. The molecule has 4 rings (SSSR count). The van der Waals surface area contributed by atoms with Crippen LogP contribution in [0.15, 0.2) is 65.1 Å². The smallest absolute Gasteiger partial charge is 0.228 e. The van der Waals surface area contributed by atoms with Crippen molar-refractivity contribution in [3.05, 3.63) is 77.7 Å². The van der Waals surface area contributed by atoms with E-state index in [4.69, 9.17) is 4.42 Å². The number of oxazole rings is 1. The SMILES string of the molecule is Cc1oc(-c2ccccc2)nc1CC(=O)N1CCCN(Cc2ccccc2)CC1. The van der Waals surface area contributed by atoms with Gasteiger partial charge in [0.1, 0.15) is 5.76 Å². The van der Waals surface area contributed by atoms with E-state index in [1.165, 1.54) is 5.56 Å². The number of amides is 1. The van der Waals surface area contributed by atoms with Crippen molar-refractivity contribution < 1.29 is 9.21 Å². The first-order chi connectivity index (χ1) is 14.2. The lowest BCUT2D eigenvalue weighted by Crippen LogP contribution is -2.36. The highest BCUT2D eigenvalue weighted by atomic mass is 16.4. The number of benzene rings is 2. The van der Waals surface area contributed by atoms with E-state index in [1.54, 1.807) is 0 Å². The van der Waals surface area contributed by atoms with Crippen molar-refractivity contribution in [1.29, 1.82) is 0 Å². The van der Waals surface area contributed by atoms with Crippen molar-refractivity contribution >= 4 is 5.91 Å². The van der Waals surface area contributed by atoms with E-state index >= 15 is 0 Å². The Kier molecular flexibility index (Phi) is 6.06. The van der Waals surface area contributed by atoms with E-state index < -0.39 is 0 Å². The van der Waals surface area contributed by atoms with Crippen molar-refractivity contribution in [3.63, 3.8) is 0 Å². The Morgan fingerprint density at radius 1 is 0.966 bits per heavy atom. The zero-order chi connectivity index (χ0) is 20.1. The van der Waals surface area contributed by atoms with Crippen LogP contribution in [0.3, 0.4) is 0 Å². The molecule has 1 amide bonds. The Morgan fingerprint density at radius 2 is 1.69 bits per heavy atom. The predicted octanol–water partition coefficient (Wildman–Crippen LogP) is 3.93. The zero-order valence-electron chi connectivity index (χ0n) is 16.9. The summed E-state index contributed by atoms with van der Waals surface area (Å²) in [5, 5.41) is 0. The molecule has 0 unspecified atom stereocenters. The molecule has 5 nitrogen and oxygen atoms in total. The number of hydrogen-bond acceptors (Lipinski definition) is 4. The van der Waals surface area contributed by atoms with Crippen LogP contribution in [0.2, 0.25) is 0 Å². The Hall–Kier alpha value is -2.92. The van der Waals surface area contributed by atoms with E-state index in [-0.39, 0.29) is 5.91 Å². The van der Waals surface area contributed by atoms with Crippen LogP contribution in [0.1, 0.15) is 23.4 Å². The third kappa shape index (κ3) is 4.93. The number of hydrogen-bond donors (Lipinski definition) is 0. The highest BCUT2D eigenvalue weighted by molar-refractivity contribution is 5.78. The van der Waals surface area contributed by atoms with Gasteiger partial charge in [0.05, 0.1) is 12.1 Å². The molecule has 3 aromatic rings. The molecule has 1 aliphatic heterocycles. The summed E-state index contributed by atoms with van der Waals surface area (Å²) < 4.78 is 5.81. The molecule has 1 fully saturated rings. The zero-order valence-corrected chi connectivity index (χ0v) is 16.9. The van der Waals surface area contributed by atoms with E-state index in [0.29, 0.717) is 12.3 Å². The van der Waals surface area contributed by atoms with Crippen molar-refractivity contribution in [3.8, 4) is 11.5 Å². The lowest BCUT2D eigenvalue weighted by atomic mass is 10.2. The van der Waals surface area contributed by atoms with Crippen molar-refractivity contribution in [2.45, 2.75) is 26.3 Å². The summed E-state index contributed by atoms with van der Waals surface area (Å²) in [7, 11) is 0. The molecule has 2 aromatic carbocycles. The van der Waals surface area contributed by atoms with Gasteiger partial charge in [0.2, 0.25) is 11.8 Å². The van der Waals surface area contributed by atoms with Gasteiger partial charge in [0.15, 0.2) is 0 Å². The Morgan fingerprint density at radius 3 is 2.45 bits per heavy atom. The van der Waals surface area contributed by atoms with Gasteiger partial charge in [-0.05, 0) is 31.0 Å². The molecule has 1 saturated heterocycles. The Balaban J connectivity index is 1.36. The van der Waals surface area contributed by atoms with Gasteiger partial charge in [-0.1, -0.05) is 48.5 Å². The van der Waals surface area contributed by atoms with Crippen molar-refractivity contribution in [2.24, 2.45) is 0 Å². The van der Waals surface area contributed by atoms with Gasteiger partial charge in [-0.3, -0.25) is 9.69 Å². The summed E-state index contributed by atoms with van der Waals surface area (Å²) in [5.74, 6) is 1.43. The van der Waals surface area contributed by atoms with Crippen LogP contribution in [0.25, 0.3) is 11.5 Å². The molecule has 0 radical (unpaired) electrons. The van der Waals surface area contributed by atoms with E-state index in [0.717, 1.165) is 56.2 Å². The molecule has 0 N–H and O–H groups in total. The molecule has 1 aliphatic rings. The number of carbonyl (C=O) groups excluding carboxylic acids is 1. The fraction of sp³-hybridized carbons (Fsp3) is 0.333. The predicted molar refractivity (Wildman–Crippen MR) is 113 cm³/mol. The number of aryl methyl sites for hydroxylation is 1. The molecule has 5 heteroatoms. The molecule has 0 aliphatic carbocycles. The van der Waals surface area contributed by atoms with Crippen LogP contribution >= 0.6 is 0 Å². The average Bonchev–Trinajstić information content (AvgIpc) is 2.96. The maximum Gasteiger partial charge on any atom is 0.228 e. The normalized spacial score (nSPS) is 15.3. The molecular formula is C24H27N3O2. The van der Waals surface area contributed by atoms with Crippen molar-refractivity contribution in [1.82, 2.24) is 14.8 Å². The van der Waals surface area contributed by atoms with Gasteiger partial charge in [-0.15, -0.1) is 0 Å². The number of nitrogens with zero attached hydrogens (tertiary/aromatic N) is 3. The second kappa shape index (κ2) is 9.05. The maximum atomic E-state index is 12.9. The molecule has 150 valence electrons. The minimum absolute atomic E-state index is 0.127. The molecule has 2 heterocycles. The van der Waals surface area contributed by atoms with Gasteiger partial charge >= 0.3 is 0 Å². The van der Waals surface area contributed by atoms with Crippen LogP contribution in [-0.2, 0) is 17.8 Å². The topological polar surface area (TPSA) is 49.6 Å².